The van der Waals surface area contributed by atoms with Crippen molar-refractivity contribution in [2.75, 3.05) is 0 Å². The van der Waals surface area contributed by atoms with Crippen LogP contribution in [0.4, 0.5) is 0 Å². The molecule has 1 aromatic rings. The van der Waals surface area contributed by atoms with Gasteiger partial charge in [-0.25, -0.2) is 0 Å². The summed E-state index contributed by atoms with van der Waals surface area (Å²) in [6.45, 7) is 4.42. The third kappa shape index (κ3) is 1.95. The van der Waals surface area contributed by atoms with E-state index in [0.717, 1.165) is 0 Å². The molecule has 1 heteroatoms. The maximum atomic E-state index is 2.43. The molecule has 0 aliphatic heterocycles. The summed E-state index contributed by atoms with van der Waals surface area (Å²) >= 11 is 2.43. The molecule has 0 spiro atoms. The van der Waals surface area contributed by atoms with Crippen LogP contribution in [0.25, 0.3) is 0 Å². The molecule has 0 aliphatic rings. The molecule has 0 radical (unpaired) electrons. The Bertz CT molecular complexity index is 196. The minimum atomic E-state index is 0.265. The average molecular weight is 314 g/mol. The topological polar surface area (TPSA) is 0 Å². The second kappa shape index (κ2) is 2.88. The minimum absolute atomic E-state index is 0.265. The van der Waals surface area contributed by atoms with Gasteiger partial charge < -0.3 is 0 Å². The van der Waals surface area contributed by atoms with E-state index < -0.39 is 0 Å². The van der Waals surface area contributed by atoms with Gasteiger partial charge >= 0.3 is 73.4 Å². The van der Waals surface area contributed by atoms with Gasteiger partial charge in [0.2, 0.25) is 0 Å². The van der Waals surface area contributed by atoms with Gasteiger partial charge in [0.1, 0.15) is 0 Å². The zero-order chi connectivity index (χ0) is 7.61. The molecule has 10 heavy (non-hydrogen) atoms. The molecule has 57 valence electrons. The van der Waals surface area contributed by atoms with Gasteiger partial charge in [-0.05, 0) is 0 Å². The van der Waals surface area contributed by atoms with Crippen molar-refractivity contribution in [3.05, 3.63) is 35.9 Å². The van der Waals surface area contributed by atoms with E-state index in [1.807, 2.05) is 6.07 Å². The summed E-state index contributed by atoms with van der Waals surface area (Å²) < 4.78 is 0.265. The van der Waals surface area contributed by atoms with Crippen LogP contribution in [0, 0.1) is 0 Å². The van der Waals surface area contributed by atoms with Crippen molar-refractivity contribution in [1.29, 1.82) is 0 Å². The van der Waals surface area contributed by atoms with Crippen LogP contribution in [0.5, 0.6) is 0 Å². The fourth-order valence-corrected chi connectivity index (χ4v) is 1.20. The number of hydrogen-bond donors (Lipinski definition) is 0. The molecule has 0 bridgehead atoms. The molecule has 0 saturated heterocycles. The summed E-state index contributed by atoms with van der Waals surface area (Å²) in [5.74, 6) is 0. The molecule has 0 saturated carbocycles. The second-order valence-electron chi connectivity index (χ2n) is 2.76. The predicted molar refractivity (Wildman–Crippen MR) is 39.5 cm³/mol. The normalized spacial score (nSPS) is 11.6. The Morgan fingerprint density at radius 2 is 1.60 bits per heavy atom. The van der Waals surface area contributed by atoms with Crippen LogP contribution in [-0.2, 0) is 23.6 Å². The summed E-state index contributed by atoms with van der Waals surface area (Å²) in [4.78, 5) is 0. The van der Waals surface area contributed by atoms with E-state index in [1.165, 1.54) is 5.56 Å². The fraction of sp³-hybridized carbons (Fsp3) is 0.333. The number of hydrogen-bond acceptors (Lipinski definition) is 0. The summed E-state index contributed by atoms with van der Waals surface area (Å²) in [5.41, 5.74) is 1.39. The molecule has 0 amide bonds. The SMILES string of the molecule is C[C](C)([Pt])c1ccccc1. The van der Waals surface area contributed by atoms with Gasteiger partial charge in [-0.3, -0.25) is 0 Å². The van der Waals surface area contributed by atoms with Gasteiger partial charge in [-0.1, -0.05) is 0 Å². The van der Waals surface area contributed by atoms with Crippen molar-refractivity contribution < 1.29 is 19.8 Å². The Labute approximate surface area is 73.5 Å². The average Bonchev–Trinajstić information content (AvgIpc) is 1.88. The first kappa shape index (κ1) is 8.01. The van der Waals surface area contributed by atoms with Crippen LogP contribution in [0.1, 0.15) is 19.4 Å². The third-order valence-corrected chi connectivity index (χ3v) is 2.10. The van der Waals surface area contributed by atoms with Crippen LogP contribution in [0.3, 0.4) is 0 Å². The quantitative estimate of drug-likeness (QED) is 0.747. The van der Waals surface area contributed by atoms with E-state index >= 15 is 0 Å². The summed E-state index contributed by atoms with van der Waals surface area (Å²) in [5, 5.41) is 0. The van der Waals surface area contributed by atoms with Crippen molar-refractivity contribution in [1.82, 2.24) is 0 Å². The third-order valence-electron chi connectivity index (χ3n) is 1.44. The molecule has 0 unspecified atom stereocenters. The summed E-state index contributed by atoms with van der Waals surface area (Å²) in [7, 11) is 0. The number of benzene rings is 1. The van der Waals surface area contributed by atoms with Crippen LogP contribution >= 0.6 is 0 Å². The van der Waals surface area contributed by atoms with E-state index in [4.69, 9.17) is 0 Å². The standard InChI is InChI=1S/C9H11.Pt/c1-8(2)9-6-4-3-5-7-9;/h3-7H,1-2H3;. The van der Waals surface area contributed by atoms with Crippen LogP contribution in [0.2, 0.25) is 0 Å². The maximum absolute atomic E-state index is 2.43. The molecular weight excluding hydrogens is 303 g/mol. The molecular formula is C9H11Pt. The predicted octanol–water partition coefficient (Wildman–Crippen LogP) is 2.47. The van der Waals surface area contributed by atoms with Crippen molar-refractivity contribution in [3.63, 3.8) is 0 Å². The first-order valence-electron chi connectivity index (χ1n) is 3.32. The zero-order valence-electron chi connectivity index (χ0n) is 6.20. The molecule has 0 aromatic heterocycles. The van der Waals surface area contributed by atoms with Gasteiger partial charge in [-0.2, -0.15) is 0 Å². The first-order chi connectivity index (χ1) is 4.61. The van der Waals surface area contributed by atoms with Crippen LogP contribution in [0.15, 0.2) is 30.3 Å². The van der Waals surface area contributed by atoms with Crippen molar-refractivity contribution in [2.45, 2.75) is 17.7 Å². The molecule has 0 nitrogen and oxygen atoms in total. The van der Waals surface area contributed by atoms with Crippen LogP contribution in [-0.4, -0.2) is 0 Å². The van der Waals surface area contributed by atoms with Gasteiger partial charge in [0, 0.05) is 0 Å². The van der Waals surface area contributed by atoms with Crippen LogP contribution < -0.4 is 0 Å². The van der Waals surface area contributed by atoms with E-state index in [9.17, 15) is 0 Å². The fourth-order valence-electron chi connectivity index (χ4n) is 0.824. The molecule has 1 rings (SSSR count). The number of rotatable bonds is 1. The molecule has 0 heterocycles. The Morgan fingerprint density at radius 3 is 1.90 bits per heavy atom. The Hall–Kier alpha value is -0.0917. The van der Waals surface area contributed by atoms with Crippen molar-refractivity contribution in [2.24, 2.45) is 0 Å². The second-order valence-corrected chi connectivity index (χ2v) is 5.60. The summed E-state index contributed by atoms with van der Waals surface area (Å²) in [6, 6.07) is 10.5. The van der Waals surface area contributed by atoms with Gasteiger partial charge in [0.15, 0.2) is 0 Å². The van der Waals surface area contributed by atoms with E-state index in [1.54, 1.807) is 0 Å². The Kier molecular flexibility index (Phi) is 2.31. The Balaban J connectivity index is 2.97. The summed E-state index contributed by atoms with van der Waals surface area (Å²) in [6.07, 6.45) is 0. The van der Waals surface area contributed by atoms with Gasteiger partial charge in [0.25, 0.3) is 0 Å². The molecule has 0 aliphatic carbocycles. The van der Waals surface area contributed by atoms with Crippen molar-refractivity contribution in [3.8, 4) is 0 Å². The van der Waals surface area contributed by atoms with Gasteiger partial charge in [-0.15, -0.1) is 0 Å². The first-order valence-corrected chi connectivity index (χ1v) is 4.45. The molecule has 0 atom stereocenters. The Morgan fingerprint density at radius 1 is 1.10 bits per heavy atom. The zero-order valence-corrected chi connectivity index (χ0v) is 8.48. The van der Waals surface area contributed by atoms with Crippen molar-refractivity contribution >= 4 is 0 Å². The van der Waals surface area contributed by atoms with E-state index in [2.05, 4.69) is 57.9 Å². The molecule has 1 aromatic carbocycles. The monoisotopic (exact) mass is 314 g/mol. The molecule has 0 N–H and O–H groups in total. The van der Waals surface area contributed by atoms with E-state index in [0.29, 0.717) is 0 Å². The van der Waals surface area contributed by atoms with Gasteiger partial charge in [0.05, 0.1) is 0 Å². The van der Waals surface area contributed by atoms with E-state index in [-0.39, 0.29) is 3.80 Å². The molecule has 0 fully saturated rings.